The van der Waals surface area contributed by atoms with Crippen molar-refractivity contribution >= 4 is 0 Å². The molecule has 0 unspecified atom stereocenters. The quantitative estimate of drug-likeness (QED) is 0.868. The molecule has 4 heterocycles. The predicted molar refractivity (Wildman–Crippen MR) is 85.2 cm³/mol. The van der Waals surface area contributed by atoms with Gasteiger partial charge in [0.25, 0.3) is 0 Å². The second kappa shape index (κ2) is 6.34. The zero-order chi connectivity index (χ0) is 15.5. The van der Waals surface area contributed by atoms with Crippen LogP contribution in [-0.2, 0) is 11.3 Å². The van der Waals surface area contributed by atoms with E-state index < -0.39 is 0 Å². The Hall–Kier alpha value is -1.85. The highest BCUT2D eigenvalue weighted by atomic mass is 16.6. The number of rotatable bonds is 4. The first-order chi connectivity index (χ1) is 11.3. The van der Waals surface area contributed by atoms with Crippen molar-refractivity contribution in [1.82, 2.24) is 9.88 Å². The topological polar surface area (TPSA) is 47.7 Å². The van der Waals surface area contributed by atoms with Gasteiger partial charge in [0, 0.05) is 19.2 Å². The third kappa shape index (κ3) is 3.41. The molecule has 5 heteroatoms. The molecule has 2 aromatic rings. The summed E-state index contributed by atoms with van der Waals surface area (Å²) < 4.78 is 17.7. The molecule has 0 aromatic carbocycles. The molecule has 2 aliphatic heterocycles. The lowest BCUT2D eigenvalue weighted by atomic mass is 9.89. The summed E-state index contributed by atoms with van der Waals surface area (Å²) >= 11 is 0. The van der Waals surface area contributed by atoms with Gasteiger partial charge in [-0.25, -0.2) is 0 Å². The van der Waals surface area contributed by atoms with Crippen molar-refractivity contribution in [3.8, 4) is 5.75 Å². The van der Waals surface area contributed by atoms with Crippen LogP contribution in [0.1, 0.15) is 25.0 Å². The first-order valence-corrected chi connectivity index (χ1v) is 8.27. The number of pyridine rings is 1. The molecule has 23 heavy (non-hydrogen) atoms. The highest BCUT2D eigenvalue weighted by Crippen LogP contribution is 2.36. The molecule has 0 saturated carbocycles. The van der Waals surface area contributed by atoms with E-state index in [1.54, 1.807) is 18.7 Å². The molecule has 0 N–H and O–H groups in total. The highest BCUT2D eigenvalue weighted by molar-refractivity contribution is 5.16. The van der Waals surface area contributed by atoms with E-state index in [9.17, 15) is 0 Å². The maximum absolute atomic E-state index is 6.20. The first kappa shape index (κ1) is 14.7. The van der Waals surface area contributed by atoms with Crippen LogP contribution in [0.3, 0.4) is 0 Å². The van der Waals surface area contributed by atoms with Crippen molar-refractivity contribution in [3.63, 3.8) is 0 Å². The zero-order valence-electron chi connectivity index (χ0n) is 13.2. The van der Waals surface area contributed by atoms with Crippen LogP contribution in [0.2, 0.25) is 0 Å². The van der Waals surface area contributed by atoms with E-state index in [0.717, 1.165) is 50.4 Å². The van der Waals surface area contributed by atoms with Crippen LogP contribution in [0, 0.1) is 0 Å². The predicted octanol–water partition coefficient (Wildman–Crippen LogP) is 2.88. The Kier molecular flexibility index (Phi) is 4.06. The third-order valence-corrected chi connectivity index (χ3v) is 4.69. The summed E-state index contributed by atoms with van der Waals surface area (Å²) in [6.07, 6.45) is 8.56. The molecule has 0 amide bonds. The monoisotopic (exact) mass is 314 g/mol. The first-order valence-electron chi connectivity index (χ1n) is 8.27. The summed E-state index contributed by atoms with van der Waals surface area (Å²) in [6, 6.07) is 7.82. The lowest BCUT2D eigenvalue weighted by Gasteiger charge is -2.39. The maximum Gasteiger partial charge on any atom is 0.138 e. The number of furan rings is 1. The Balaban J connectivity index is 1.37. The molecule has 0 aliphatic carbocycles. The van der Waals surface area contributed by atoms with E-state index in [4.69, 9.17) is 13.9 Å². The van der Waals surface area contributed by atoms with Gasteiger partial charge in [-0.2, -0.15) is 0 Å². The molecular weight excluding hydrogens is 292 g/mol. The summed E-state index contributed by atoms with van der Waals surface area (Å²) in [4.78, 5) is 6.53. The molecule has 122 valence electrons. The Morgan fingerprint density at radius 1 is 1.35 bits per heavy atom. The van der Waals surface area contributed by atoms with Crippen LogP contribution < -0.4 is 4.74 Å². The summed E-state index contributed by atoms with van der Waals surface area (Å²) in [6.45, 7) is 3.55. The minimum absolute atomic E-state index is 0.0717. The largest absolute Gasteiger partial charge is 0.486 e. The highest BCUT2D eigenvalue weighted by Gasteiger charge is 2.44. The SMILES string of the molecule is c1cncc(O[C@H]2CO[C@]3(CCCN(Cc4ccco4)C3)C2)c1. The zero-order valence-corrected chi connectivity index (χ0v) is 13.2. The Morgan fingerprint density at radius 2 is 2.35 bits per heavy atom. The van der Waals surface area contributed by atoms with Gasteiger partial charge in [-0.05, 0) is 43.7 Å². The average molecular weight is 314 g/mol. The number of aromatic nitrogens is 1. The van der Waals surface area contributed by atoms with Crippen LogP contribution in [0.4, 0.5) is 0 Å². The summed E-state index contributed by atoms with van der Waals surface area (Å²) in [5.41, 5.74) is -0.0717. The van der Waals surface area contributed by atoms with Crippen LogP contribution >= 0.6 is 0 Å². The van der Waals surface area contributed by atoms with E-state index in [1.165, 1.54) is 0 Å². The smallest absolute Gasteiger partial charge is 0.138 e. The van der Waals surface area contributed by atoms with Gasteiger partial charge >= 0.3 is 0 Å². The van der Waals surface area contributed by atoms with Gasteiger partial charge in [0.1, 0.15) is 17.6 Å². The van der Waals surface area contributed by atoms with Crippen molar-refractivity contribution in [2.45, 2.75) is 37.5 Å². The normalized spacial score (nSPS) is 28.3. The van der Waals surface area contributed by atoms with E-state index in [-0.39, 0.29) is 11.7 Å². The number of nitrogens with zero attached hydrogens (tertiary/aromatic N) is 2. The number of piperidine rings is 1. The van der Waals surface area contributed by atoms with Gasteiger partial charge in [0.15, 0.2) is 0 Å². The van der Waals surface area contributed by atoms with Crippen LogP contribution in [0.5, 0.6) is 5.75 Å². The fourth-order valence-corrected chi connectivity index (χ4v) is 3.72. The lowest BCUT2D eigenvalue weighted by molar-refractivity contribution is -0.0549. The van der Waals surface area contributed by atoms with Crippen molar-refractivity contribution in [2.24, 2.45) is 0 Å². The molecule has 4 rings (SSSR count). The second-order valence-corrected chi connectivity index (χ2v) is 6.52. The van der Waals surface area contributed by atoms with E-state index in [0.29, 0.717) is 6.61 Å². The standard InChI is InChI=1S/C18H22N2O3/c1-4-15(11-19-7-1)23-17-10-18(22-13-17)6-3-8-20(14-18)12-16-5-2-9-21-16/h1-2,4-5,7,9,11,17H,3,6,8,10,12-14H2/t17-,18-/m1/s1. The van der Waals surface area contributed by atoms with Crippen LogP contribution in [0.15, 0.2) is 47.3 Å². The molecule has 0 radical (unpaired) electrons. The fourth-order valence-electron chi connectivity index (χ4n) is 3.72. The van der Waals surface area contributed by atoms with Gasteiger partial charge in [-0.3, -0.25) is 9.88 Å². The number of likely N-dealkylation sites (tertiary alicyclic amines) is 1. The van der Waals surface area contributed by atoms with E-state index in [2.05, 4.69) is 9.88 Å². The molecule has 2 fully saturated rings. The van der Waals surface area contributed by atoms with Crippen molar-refractivity contribution in [2.75, 3.05) is 19.7 Å². The molecule has 2 saturated heterocycles. The van der Waals surface area contributed by atoms with Gasteiger partial charge in [-0.1, -0.05) is 0 Å². The molecule has 5 nitrogen and oxygen atoms in total. The van der Waals surface area contributed by atoms with Crippen molar-refractivity contribution in [3.05, 3.63) is 48.7 Å². The Labute approximate surface area is 136 Å². The minimum Gasteiger partial charge on any atom is -0.486 e. The molecule has 2 atom stereocenters. The molecular formula is C18H22N2O3. The summed E-state index contributed by atoms with van der Waals surface area (Å²) in [5.74, 6) is 1.84. The van der Waals surface area contributed by atoms with E-state index in [1.807, 2.05) is 24.3 Å². The van der Waals surface area contributed by atoms with E-state index >= 15 is 0 Å². The summed E-state index contributed by atoms with van der Waals surface area (Å²) in [7, 11) is 0. The number of hydrogen-bond donors (Lipinski definition) is 0. The maximum atomic E-state index is 6.20. The van der Waals surface area contributed by atoms with Gasteiger partial charge < -0.3 is 13.9 Å². The fraction of sp³-hybridized carbons (Fsp3) is 0.500. The molecule has 0 bridgehead atoms. The molecule has 2 aromatic heterocycles. The second-order valence-electron chi connectivity index (χ2n) is 6.52. The Morgan fingerprint density at radius 3 is 3.17 bits per heavy atom. The van der Waals surface area contributed by atoms with Crippen LogP contribution in [0.25, 0.3) is 0 Å². The molecule has 1 spiro atoms. The Bertz CT molecular complexity index is 616. The third-order valence-electron chi connectivity index (χ3n) is 4.69. The van der Waals surface area contributed by atoms with Gasteiger partial charge in [0.2, 0.25) is 0 Å². The van der Waals surface area contributed by atoms with Gasteiger partial charge in [0.05, 0.1) is 31.2 Å². The van der Waals surface area contributed by atoms with Crippen molar-refractivity contribution < 1.29 is 13.9 Å². The average Bonchev–Trinajstić information content (AvgIpc) is 3.19. The lowest BCUT2D eigenvalue weighted by Crippen LogP contribution is -2.47. The summed E-state index contributed by atoms with van der Waals surface area (Å²) in [5, 5.41) is 0. The number of hydrogen-bond acceptors (Lipinski definition) is 5. The number of ether oxygens (including phenoxy) is 2. The minimum atomic E-state index is -0.0717. The van der Waals surface area contributed by atoms with Crippen LogP contribution in [-0.4, -0.2) is 41.3 Å². The molecule has 2 aliphatic rings. The van der Waals surface area contributed by atoms with Gasteiger partial charge in [-0.15, -0.1) is 0 Å². The van der Waals surface area contributed by atoms with Crippen molar-refractivity contribution in [1.29, 1.82) is 0 Å².